The van der Waals surface area contributed by atoms with Crippen molar-refractivity contribution >= 4 is 21.6 Å². The number of aryl methyl sites for hydroxylation is 2. The van der Waals surface area contributed by atoms with Crippen molar-refractivity contribution in [3.63, 3.8) is 0 Å². The van der Waals surface area contributed by atoms with Gasteiger partial charge in [-0.25, -0.2) is 13.1 Å². The molecule has 0 unspecified atom stereocenters. The number of carbonyl (C=O) groups excluding carboxylic acids is 1. The molecular formula is C26H25F3N6O3S. The summed E-state index contributed by atoms with van der Waals surface area (Å²) in [6, 6.07) is 10.2. The molecule has 1 aromatic carbocycles. The van der Waals surface area contributed by atoms with Crippen molar-refractivity contribution in [3.05, 3.63) is 65.6 Å². The first-order valence-electron chi connectivity index (χ1n) is 12.2. The molecule has 1 aliphatic carbocycles. The average Bonchev–Trinajstić information content (AvgIpc) is 3.32. The fourth-order valence-corrected chi connectivity index (χ4v) is 6.81. The highest BCUT2D eigenvalue weighted by molar-refractivity contribution is 7.92. The van der Waals surface area contributed by atoms with Gasteiger partial charge in [0.15, 0.2) is 9.84 Å². The molecule has 1 N–H and O–H groups in total. The number of amides is 1. The van der Waals surface area contributed by atoms with Crippen LogP contribution in [0.4, 0.5) is 19.0 Å². The van der Waals surface area contributed by atoms with Crippen LogP contribution in [0.2, 0.25) is 0 Å². The van der Waals surface area contributed by atoms with Crippen molar-refractivity contribution in [3.8, 4) is 11.8 Å². The van der Waals surface area contributed by atoms with Crippen molar-refractivity contribution in [1.82, 2.24) is 20.1 Å². The van der Waals surface area contributed by atoms with Crippen LogP contribution in [0.5, 0.6) is 0 Å². The van der Waals surface area contributed by atoms with Crippen LogP contribution >= 0.6 is 0 Å². The molecule has 2 aromatic heterocycles. The van der Waals surface area contributed by atoms with Gasteiger partial charge in [-0.1, -0.05) is 12.1 Å². The number of aromatic nitrogens is 3. The largest absolute Gasteiger partial charge is 0.417 e. The predicted octanol–water partition coefficient (Wildman–Crippen LogP) is 3.50. The van der Waals surface area contributed by atoms with Crippen molar-refractivity contribution in [1.29, 1.82) is 5.26 Å². The fraction of sp³-hybridized carbons (Fsp3) is 0.385. The van der Waals surface area contributed by atoms with E-state index in [9.17, 15) is 31.6 Å². The number of halogens is 3. The number of hydrogen-bond acceptors (Lipinski definition) is 7. The lowest BCUT2D eigenvalue weighted by Gasteiger charge is -2.27. The van der Waals surface area contributed by atoms with E-state index in [1.807, 2.05) is 0 Å². The van der Waals surface area contributed by atoms with Gasteiger partial charge in [-0.15, -0.1) is 0 Å². The predicted molar refractivity (Wildman–Crippen MR) is 135 cm³/mol. The van der Waals surface area contributed by atoms with Crippen LogP contribution in [0.15, 0.2) is 53.6 Å². The van der Waals surface area contributed by atoms with Crippen molar-refractivity contribution < 1.29 is 26.4 Å². The molecule has 204 valence electrons. The Morgan fingerprint density at radius 2 is 1.87 bits per heavy atom. The summed E-state index contributed by atoms with van der Waals surface area (Å²) in [6.07, 6.45) is -2.61. The third kappa shape index (κ3) is 4.96. The first-order chi connectivity index (χ1) is 18.3. The van der Waals surface area contributed by atoms with Crippen LogP contribution in [-0.4, -0.2) is 52.5 Å². The Labute approximate surface area is 223 Å². The number of nitrogens with zero attached hydrogens (tertiary/aromatic N) is 5. The highest BCUT2D eigenvalue weighted by Crippen LogP contribution is 2.40. The zero-order valence-electron chi connectivity index (χ0n) is 21.1. The number of anilines is 1. The van der Waals surface area contributed by atoms with Crippen LogP contribution in [0.25, 0.3) is 5.69 Å². The summed E-state index contributed by atoms with van der Waals surface area (Å²) in [7, 11) is -4.52. The van der Waals surface area contributed by atoms with Crippen molar-refractivity contribution in [2.75, 3.05) is 11.4 Å². The molecule has 0 spiro atoms. The monoisotopic (exact) mass is 558 g/mol. The molecule has 2 aliphatic rings. The van der Waals surface area contributed by atoms with Gasteiger partial charge in [0.1, 0.15) is 17.4 Å². The minimum atomic E-state index is -4.88. The van der Waals surface area contributed by atoms with Gasteiger partial charge < -0.3 is 10.2 Å². The van der Waals surface area contributed by atoms with Gasteiger partial charge in [0, 0.05) is 24.5 Å². The summed E-state index contributed by atoms with van der Waals surface area (Å²) < 4.78 is 70.1. The molecule has 3 aromatic rings. The SMILES string of the molecule is Cc1cc(-n2nc(C)cc2N2C[C@H](S(=O)(=O)c3ccccc3C(F)(F)F)C[C@H]2C(=O)NC2(C#N)CC2)ccn1. The Balaban J connectivity index is 1.58. The van der Waals surface area contributed by atoms with E-state index in [2.05, 4.69) is 21.5 Å². The van der Waals surface area contributed by atoms with E-state index in [0.717, 1.165) is 18.2 Å². The number of hydrogen-bond donors (Lipinski definition) is 1. The lowest BCUT2D eigenvalue weighted by molar-refractivity contribution is -0.139. The Bertz CT molecular complexity index is 1590. The van der Waals surface area contributed by atoms with Gasteiger partial charge in [0.2, 0.25) is 5.91 Å². The summed E-state index contributed by atoms with van der Waals surface area (Å²) >= 11 is 0. The molecule has 1 saturated carbocycles. The summed E-state index contributed by atoms with van der Waals surface area (Å²) in [5, 5.41) is 15.4. The zero-order chi connectivity index (χ0) is 28.2. The lowest BCUT2D eigenvalue weighted by Crippen LogP contribution is -2.48. The van der Waals surface area contributed by atoms with Gasteiger partial charge in [-0.05, 0) is 57.4 Å². The standard InChI is InChI=1S/C26H25F3N6O3S/c1-16-11-18(7-10-31-16)35-23(12-17(2)33-35)34-14-19(13-21(34)24(36)32-25(15-30)8-9-25)39(37,38)22-6-4-3-5-20(22)26(27,28)29/h3-7,10-12,19,21H,8-9,13-14H2,1-2H3,(H,32,36)/t19-,21+/m1/s1. The molecule has 2 atom stereocenters. The second kappa shape index (κ2) is 9.37. The Hall–Kier alpha value is -3.92. The van der Waals surface area contributed by atoms with E-state index in [1.54, 1.807) is 47.8 Å². The lowest BCUT2D eigenvalue weighted by atomic mass is 10.1. The zero-order valence-corrected chi connectivity index (χ0v) is 21.9. The number of sulfone groups is 1. The maximum Gasteiger partial charge on any atom is 0.417 e. The van der Waals surface area contributed by atoms with E-state index in [4.69, 9.17) is 0 Å². The van der Waals surface area contributed by atoms with Gasteiger partial charge in [-0.3, -0.25) is 9.78 Å². The third-order valence-electron chi connectivity index (χ3n) is 7.06. The first-order valence-corrected chi connectivity index (χ1v) is 13.8. The number of benzene rings is 1. The Kier molecular flexibility index (Phi) is 6.41. The van der Waals surface area contributed by atoms with Crippen LogP contribution < -0.4 is 10.2 Å². The van der Waals surface area contributed by atoms with Gasteiger partial charge >= 0.3 is 6.18 Å². The molecule has 1 amide bonds. The number of pyridine rings is 1. The van der Waals surface area contributed by atoms with E-state index in [-0.39, 0.29) is 13.0 Å². The maximum absolute atomic E-state index is 13.7. The molecule has 39 heavy (non-hydrogen) atoms. The molecule has 1 aliphatic heterocycles. The molecule has 13 heteroatoms. The van der Waals surface area contributed by atoms with E-state index < -0.39 is 49.2 Å². The fourth-order valence-electron chi connectivity index (χ4n) is 4.90. The van der Waals surface area contributed by atoms with Crippen molar-refractivity contribution in [2.24, 2.45) is 0 Å². The molecule has 2 fully saturated rings. The second-order valence-corrected chi connectivity index (χ2v) is 12.2. The average molecular weight is 559 g/mol. The summed E-state index contributed by atoms with van der Waals surface area (Å²) in [4.78, 5) is 18.4. The van der Waals surface area contributed by atoms with Crippen LogP contribution in [-0.2, 0) is 20.8 Å². The summed E-state index contributed by atoms with van der Waals surface area (Å²) in [5.74, 6) is -0.158. The Morgan fingerprint density at radius 3 is 2.51 bits per heavy atom. The van der Waals surface area contributed by atoms with Crippen LogP contribution in [0.3, 0.4) is 0 Å². The molecule has 0 bridgehead atoms. The van der Waals surface area contributed by atoms with Gasteiger partial charge in [-0.2, -0.15) is 23.5 Å². The summed E-state index contributed by atoms with van der Waals surface area (Å²) in [5.41, 5.74) is -0.353. The van der Waals surface area contributed by atoms with Crippen LogP contribution in [0.1, 0.15) is 36.2 Å². The minimum Gasteiger partial charge on any atom is -0.343 e. The first kappa shape index (κ1) is 26.7. The van der Waals surface area contributed by atoms with Crippen molar-refractivity contribution in [2.45, 2.75) is 61.0 Å². The highest BCUT2D eigenvalue weighted by Gasteiger charge is 2.50. The molecule has 5 rings (SSSR count). The van der Waals surface area contributed by atoms with E-state index in [0.29, 0.717) is 35.7 Å². The number of nitriles is 1. The second-order valence-electron chi connectivity index (χ2n) is 9.96. The minimum absolute atomic E-state index is 0.249. The van der Waals surface area contributed by atoms with Gasteiger partial charge in [0.05, 0.1) is 33.2 Å². The Morgan fingerprint density at radius 1 is 1.15 bits per heavy atom. The number of nitrogens with one attached hydrogen (secondary N) is 1. The molecular weight excluding hydrogens is 533 g/mol. The normalized spacial score (nSPS) is 20.5. The smallest absolute Gasteiger partial charge is 0.343 e. The molecule has 0 radical (unpaired) electrons. The topological polar surface area (TPSA) is 121 Å². The third-order valence-corrected chi connectivity index (χ3v) is 9.25. The number of carbonyl (C=O) groups is 1. The van der Waals surface area contributed by atoms with E-state index >= 15 is 0 Å². The maximum atomic E-state index is 13.7. The number of alkyl halides is 3. The quantitative estimate of drug-likeness (QED) is 0.492. The number of rotatable bonds is 6. The molecule has 1 saturated heterocycles. The molecule has 9 nitrogen and oxygen atoms in total. The van der Waals surface area contributed by atoms with E-state index in [1.165, 1.54) is 6.07 Å². The van der Waals surface area contributed by atoms with Gasteiger partial charge in [0.25, 0.3) is 0 Å². The highest BCUT2D eigenvalue weighted by atomic mass is 32.2. The summed E-state index contributed by atoms with van der Waals surface area (Å²) in [6.45, 7) is 3.28. The molecule has 3 heterocycles. The van der Waals surface area contributed by atoms with Crippen LogP contribution in [0, 0.1) is 25.2 Å².